The fourth-order valence-corrected chi connectivity index (χ4v) is 1.18. The highest BCUT2D eigenvalue weighted by molar-refractivity contribution is 5.45. The van der Waals surface area contributed by atoms with E-state index in [0.717, 1.165) is 11.3 Å². The molecule has 0 aliphatic rings. The molecule has 0 saturated carbocycles. The van der Waals surface area contributed by atoms with Crippen LogP contribution in [0.15, 0.2) is 24.5 Å². The van der Waals surface area contributed by atoms with Gasteiger partial charge in [0, 0.05) is 24.2 Å². The van der Waals surface area contributed by atoms with Crippen LogP contribution < -0.4 is 0 Å². The van der Waals surface area contributed by atoms with Gasteiger partial charge in [0.05, 0.1) is 0 Å². The van der Waals surface area contributed by atoms with E-state index in [2.05, 4.69) is 4.98 Å². The number of hydrogen-bond acceptors (Lipinski definition) is 2. The minimum atomic E-state index is 0.265. The summed E-state index contributed by atoms with van der Waals surface area (Å²) in [6, 6.07) is 3.34. The van der Waals surface area contributed by atoms with E-state index in [0.29, 0.717) is 0 Å². The molecule has 11 heavy (non-hydrogen) atoms. The molecule has 0 bridgehead atoms. The number of pyridine rings is 1. The summed E-state index contributed by atoms with van der Waals surface area (Å²) in [4.78, 5) is 4.04. The predicted molar refractivity (Wildman–Crippen MR) is 41.6 cm³/mol. The molecule has 3 nitrogen and oxygen atoms in total. The fourth-order valence-electron chi connectivity index (χ4n) is 1.18. The first-order valence-electron chi connectivity index (χ1n) is 3.40. The van der Waals surface area contributed by atoms with Crippen LogP contribution in [-0.4, -0.2) is 14.5 Å². The summed E-state index contributed by atoms with van der Waals surface area (Å²) in [7, 11) is 0. The molecule has 0 aliphatic heterocycles. The maximum Gasteiger partial charge on any atom is 0.140 e. The molecule has 0 aliphatic carbocycles. The molecule has 0 saturated heterocycles. The zero-order valence-electron chi connectivity index (χ0n) is 6.15. The first-order chi connectivity index (χ1) is 5.27. The highest BCUT2D eigenvalue weighted by Crippen LogP contribution is 2.14. The molecule has 0 amide bonds. The van der Waals surface area contributed by atoms with Crippen LogP contribution in [0.25, 0.3) is 5.65 Å². The lowest BCUT2D eigenvalue weighted by Crippen LogP contribution is -1.87. The molecule has 0 unspecified atom stereocenters. The smallest absolute Gasteiger partial charge is 0.140 e. The summed E-state index contributed by atoms with van der Waals surface area (Å²) in [5.74, 6) is 0.265. The minimum Gasteiger partial charge on any atom is -0.508 e. The van der Waals surface area contributed by atoms with Gasteiger partial charge in [-0.05, 0) is 13.0 Å². The average molecular weight is 148 g/mol. The van der Waals surface area contributed by atoms with Gasteiger partial charge in [-0.15, -0.1) is 0 Å². The van der Waals surface area contributed by atoms with Crippen LogP contribution in [0.2, 0.25) is 0 Å². The first-order valence-corrected chi connectivity index (χ1v) is 3.40. The minimum absolute atomic E-state index is 0.265. The van der Waals surface area contributed by atoms with Gasteiger partial charge in [-0.25, -0.2) is 4.98 Å². The van der Waals surface area contributed by atoms with Gasteiger partial charge in [0.15, 0.2) is 0 Å². The quantitative estimate of drug-likeness (QED) is 0.612. The molecule has 2 aromatic heterocycles. The number of aromatic hydroxyl groups is 1. The molecular weight excluding hydrogens is 140 g/mol. The summed E-state index contributed by atoms with van der Waals surface area (Å²) in [5, 5.41) is 9.18. The molecule has 2 heterocycles. The highest BCUT2D eigenvalue weighted by Gasteiger charge is 1.97. The average Bonchev–Trinajstić information content (AvgIpc) is 2.34. The Labute approximate surface area is 63.9 Å². The van der Waals surface area contributed by atoms with Gasteiger partial charge in [-0.3, -0.25) is 0 Å². The predicted octanol–water partition coefficient (Wildman–Crippen LogP) is 1.35. The SMILES string of the molecule is Cc1cc(O)cc2nccn12. The van der Waals surface area contributed by atoms with E-state index in [4.69, 9.17) is 0 Å². The Morgan fingerprint density at radius 2 is 2.27 bits per heavy atom. The molecule has 0 aromatic carbocycles. The molecule has 0 radical (unpaired) electrons. The first kappa shape index (κ1) is 6.22. The van der Waals surface area contributed by atoms with Crippen molar-refractivity contribution in [2.75, 3.05) is 0 Å². The molecule has 0 spiro atoms. The van der Waals surface area contributed by atoms with Gasteiger partial charge in [-0.1, -0.05) is 0 Å². The summed E-state index contributed by atoms with van der Waals surface area (Å²) in [6.07, 6.45) is 3.58. The van der Waals surface area contributed by atoms with E-state index >= 15 is 0 Å². The van der Waals surface area contributed by atoms with Gasteiger partial charge < -0.3 is 9.51 Å². The van der Waals surface area contributed by atoms with Crippen LogP contribution in [0, 0.1) is 6.92 Å². The fraction of sp³-hybridized carbons (Fsp3) is 0.125. The number of hydrogen-bond donors (Lipinski definition) is 1. The maximum absolute atomic E-state index is 9.18. The molecule has 0 atom stereocenters. The number of fused-ring (bicyclic) bond motifs is 1. The van der Waals surface area contributed by atoms with Gasteiger partial charge in [0.1, 0.15) is 11.4 Å². The van der Waals surface area contributed by atoms with E-state index < -0.39 is 0 Å². The van der Waals surface area contributed by atoms with E-state index in [1.807, 2.05) is 17.5 Å². The van der Waals surface area contributed by atoms with Gasteiger partial charge in [-0.2, -0.15) is 0 Å². The lowest BCUT2D eigenvalue weighted by molar-refractivity contribution is 0.474. The summed E-state index contributed by atoms with van der Waals surface area (Å²) < 4.78 is 1.92. The van der Waals surface area contributed by atoms with Crippen molar-refractivity contribution in [3.63, 3.8) is 0 Å². The van der Waals surface area contributed by atoms with Crippen LogP contribution in [0.4, 0.5) is 0 Å². The zero-order chi connectivity index (χ0) is 7.84. The van der Waals surface area contributed by atoms with Crippen LogP contribution >= 0.6 is 0 Å². The molecular formula is C8H8N2O. The van der Waals surface area contributed by atoms with E-state index in [1.165, 1.54) is 0 Å². The van der Waals surface area contributed by atoms with Crippen molar-refractivity contribution in [2.24, 2.45) is 0 Å². The standard InChI is InChI=1S/C8H8N2O/c1-6-4-7(11)5-8-9-2-3-10(6)8/h2-5,11H,1H3. The van der Waals surface area contributed by atoms with E-state index in [1.54, 1.807) is 18.3 Å². The molecule has 3 heteroatoms. The Balaban J connectivity index is 2.91. The Bertz CT molecular complexity index is 392. The monoisotopic (exact) mass is 148 g/mol. The van der Waals surface area contributed by atoms with Crippen molar-refractivity contribution in [1.82, 2.24) is 9.38 Å². The molecule has 0 fully saturated rings. The lowest BCUT2D eigenvalue weighted by Gasteiger charge is -1.99. The van der Waals surface area contributed by atoms with Gasteiger partial charge in [0.2, 0.25) is 0 Å². The highest BCUT2D eigenvalue weighted by atomic mass is 16.3. The van der Waals surface area contributed by atoms with E-state index in [-0.39, 0.29) is 5.75 Å². The third-order valence-corrected chi connectivity index (χ3v) is 1.68. The Hall–Kier alpha value is -1.51. The Morgan fingerprint density at radius 1 is 1.45 bits per heavy atom. The Morgan fingerprint density at radius 3 is 3.09 bits per heavy atom. The van der Waals surface area contributed by atoms with Crippen LogP contribution in [0.5, 0.6) is 5.75 Å². The summed E-state index contributed by atoms with van der Waals surface area (Å²) in [5.41, 5.74) is 1.76. The zero-order valence-corrected chi connectivity index (χ0v) is 6.15. The number of aryl methyl sites for hydroxylation is 1. The van der Waals surface area contributed by atoms with Crippen molar-refractivity contribution in [1.29, 1.82) is 0 Å². The molecule has 1 N–H and O–H groups in total. The van der Waals surface area contributed by atoms with Crippen LogP contribution in [0.3, 0.4) is 0 Å². The number of rotatable bonds is 0. The van der Waals surface area contributed by atoms with Crippen molar-refractivity contribution in [2.45, 2.75) is 6.92 Å². The number of nitrogens with zero attached hydrogens (tertiary/aromatic N) is 2. The normalized spacial score (nSPS) is 10.6. The van der Waals surface area contributed by atoms with Crippen LogP contribution in [0.1, 0.15) is 5.69 Å². The van der Waals surface area contributed by atoms with Gasteiger partial charge >= 0.3 is 0 Å². The summed E-state index contributed by atoms with van der Waals surface area (Å²) >= 11 is 0. The third kappa shape index (κ3) is 0.852. The topological polar surface area (TPSA) is 37.5 Å². The lowest BCUT2D eigenvalue weighted by atomic mass is 10.3. The Kier molecular flexibility index (Phi) is 1.12. The van der Waals surface area contributed by atoms with Crippen molar-refractivity contribution in [3.8, 4) is 5.75 Å². The van der Waals surface area contributed by atoms with Crippen molar-refractivity contribution >= 4 is 5.65 Å². The number of aromatic nitrogens is 2. The molecule has 56 valence electrons. The molecule has 2 aromatic rings. The van der Waals surface area contributed by atoms with Crippen molar-refractivity contribution < 1.29 is 5.11 Å². The molecule has 2 rings (SSSR count). The van der Waals surface area contributed by atoms with Crippen LogP contribution in [-0.2, 0) is 0 Å². The summed E-state index contributed by atoms with van der Waals surface area (Å²) in [6.45, 7) is 1.92. The van der Waals surface area contributed by atoms with E-state index in [9.17, 15) is 5.11 Å². The second-order valence-electron chi connectivity index (χ2n) is 2.51. The van der Waals surface area contributed by atoms with Gasteiger partial charge in [0.25, 0.3) is 0 Å². The second-order valence-corrected chi connectivity index (χ2v) is 2.51. The van der Waals surface area contributed by atoms with Crippen molar-refractivity contribution in [3.05, 3.63) is 30.2 Å². The largest absolute Gasteiger partial charge is 0.508 e. The third-order valence-electron chi connectivity index (χ3n) is 1.68. The maximum atomic E-state index is 9.18. The number of imidazole rings is 1. The second kappa shape index (κ2) is 1.99.